The number of benzene rings is 8. The summed E-state index contributed by atoms with van der Waals surface area (Å²) in [5, 5.41) is 2.39. The van der Waals surface area contributed by atoms with Crippen LogP contribution < -0.4 is 16.3 Å². The third kappa shape index (κ3) is 7.68. The van der Waals surface area contributed by atoms with Gasteiger partial charge in [0.2, 0.25) is 0 Å². The number of nitrogens with zero attached hydrogens (tertiary/aromatic N) is 6. The van der Waals surface area contributed by atoms with Gasteiger partial charge >= 0.3 is 11.4 Å². The summed E-state index contributed by atoms with van der Waals surface area (Å²) in [7, 11) is 2.02. The van der Waals surface area contributed by atoms with Gasteiger partial charge in [-0.3, -0.25) is 18.3 Å². The number of imidazole rings is 2. The Morgan fingerprint density at radius 1 is 0.431 bits per heavy atom. The zero-order chi connectivity index (χ0) is 49.5. The number of allylic oxidation sites excluding steroid dienone is 9. The van der Waals surface area contributed by atoms with Crippen LogP contribution in [0.5, 0.6) is 0 Å². The highest BCUT2D eigenvalue weighted by atomic mass is 16.2. The second kappa shape index (κ2) is 18.7. The van der Waals surface area contributed by atoms with E-state index in [2.05, 4.69) is 96.8 Å². The molecule has 8 heteroatoms. The van der Waals surface area contributed by atoms with E-state index < -0.39 is 0 Å². The van der Waals surface area contributed by atoms with Crippen molar-refractivity contribution in [3.05, 3.63) is 288 Å². The van der Waals surface area contributed by atoms with E-state index >= 15 is 0 Å². The van der Waals surface area contributed by atoms with Crippen molar-refractivity contribution in [1.29, 1.82) is 0 Å². The third-order valence-electron chi connectivity index (χ3n) is 13.5. The molecule has 0 saturated carbocycles. The average molecular weight is 935 g/mol. The summed E-state index contributed by atoms with van der Waals surface area (Å²) in [4.78, 5) is 31.6. The molecule has 8 nitrogen and oxygen atoms in total. The van der Waals surface area contributed by atoms with E-state index in [1.54, 1.807) is 30.4 Å². The van der Waals surface area contributed by atoms with Crippen molar-refractivity contribution in [3.63, 3.8) is 0 Å². The SMILES string of the molecule is C=C/C=C\C(=C)C(/C=C\C=C)=C(/C)N(C)c1ccc(-n2c(=O)n(-c3cccc(-c4cccc(-n5c(=O)n(-c6ccc(-n7c8ccccc8c8ccccc87)cc6)c6ccccc65)c4)c3)c3ccccc32)cc1. The van der Waals surface area contributed by atoms with Crippen LogP contribution in [0.2, 0.25) is 0 Å². The zero-order valence-electron chi connectivity index (χ0n) is 40.1. The van der Waals surface area contributed by atoms with Crippen LogP contribution in [0, 0.1) is 0 Å². The lowest BCUT2D eigenvalue weighted by atomic mass is 10.0. The van der Waals surface area contributed by atoms with Crippen molar-refractivity contribution in [2.24, 2.45) is 0 Å². The third-order valence-corrected chi connectivity index (χ3v) is 13.5. The molecular formula is C64H50N6O2. The van der Waals surface area contributed by atoms with Crippen LogP contribution in [-0.2, 0) is 0 Å². The monoisotopic (exact) mass is 934 g/mol. The fourth-order valence-electron chi connectivity index (χ4n) is 9.99. The van der Waals surface area contributed by atoms with Crippen LogP contribution >= 0.6 is 0 Å². The number of anilines is 1. The van der Waals surface area contributed by atoms with E-state index in [0.29, 0.717) is 0 Å². The molecule has 0 saturated heterocycles. The summed E-state index contributed by atoms with van der Waals surface area (Å²) < 4.78 is 9.36. The number of hydrogen-bond acceptors (Lipinski definition) is 3. The molecule has 3 heterocycles. The molecule has 0 bridgehead atoms. The van der Waals surface area contributed by atoms with E-state index in [0.717, 1.165) is 95.2 Å². The van der Waals surface area contributed by atoms with E-state index in [-0.39, 0.29) is 11.4 Å². The molecule has 0 aliphatic carbocycles. The Hall–Kier alpha value is -9.66. The largest absolute Gasteiger partial charge is 0.348 e. The van der Waals surface area contributed by atoms with Gasteiger partial charge < -0.3 is 9.47 Å². The minimum Gasteiger partial charge on any atom is -0.348 e. The number of rotatable bonds is 13. The van der Waals surface area contributed by atoms with Crippen LogP contribution in [0.25, 0.3) is 83.4 Å². The number of fused-ring (bicyclic) bond motifs is 5. The summed E-state index contributed by atoms with van der Waals surface area (Å²) >= 11 is 0. The van der Waals surface area contributed by atoms with Crippen molar-refractivity contribution in [2.45, 2.75) is 6.92 Å². The first-order valence-corrected chi connectivity index (χ1v) is 23.8. The van der Waals surface area contributed by atoms with Gasteiger partial charge in [0.05, 0.1) is 55.8 Å². The van der Waals surface area contributed by atoms with Crippen LogP contribution in [0.4, 0.5) is 5.69 Å². The molecule has 0 amide bonds. The van der Waals surface area contributed by atoms with Crippen molar-refractivity contribution < 1.29 is 0 Å². The first-order chi connectivity index (χ1) is 35.2. The van der Waals surface area contributed by atoms with Gasteiger partial charge in [-0.05, 0) is 133 Å². The summed E-state index contributed by atoms with van der Waals surface area (Å²) in [6.45, 7) is 14.0. The minimum absolute atomic E-state index is 0.176. The van der Waals surface area contributed by atoms with Gasteiger partial charge in [-0.2, -0.15) is 0 Å². The van der Waals surface area contributed by atoms with E-state index in [9.17, 15) is 9.59 Å². The zero-order valence-corrected chi connectivity index (χ0v) is 40.1. The lowest BCUT2D eigenvalue weighted by Gasteiger charge is -2.23. The van der Waals surface area contributed by atoms with Gasteiger partial charge in [0.25, 0.3) is 0 Å². The molecule has 0 N–H and O–H groups in total. The van der Waals surface area contributed by atoms with Crippen molar-refractivity contribution in [1.82, 2.24) is 22.8 Å². The quantitative estimate of drug-likeness (QED) is 0.108. The maximum atomic E-state index is 14.8. The second-order valence-electron chi connectivity index (χ2n) is 17.7. The molecule has 72 heavy (non-hydrogen) atoms. The number of aromatic nitrogens is 5. The smallest absolute Gasteiger partial charge is 0.338 e. The highest BCUT2D eigenvalue weighted by Gasteiger charge is 2.20. The van der Waals surface area contributed by atoms with Crippen molar-refractivity contribution >= 4 is 49.6 Å². The molecule has 0 aliphatic rings. The van der Waals surface area contributed by atoms with Crippen LogP contribution in [0.15, 0.2) is 277 Å². The maximum absolute atomic E-state index is 14.8. The fraction of sp³-hybridized carbons (Fsp3) is 0.0312. The normalized spacial score (nSPS) is 12.1. The second-order valence-corrected chi connectivity index (χ2v) is 17.7. The molecule has 0 radical (unpaired) electrons. The van der Waals surface area contributed by atoms with E-state index in [1.807, 2.05) is 165 Å². The molecule has 11 aromatic rings. The molecule has 3 aromatic heterocycles. The molecule has 11 rings (SSSR count). The predicted octanol–water partition coefficient (Wildman–Crippen LogP) is 14.4. The highest BCUT2D eigenvalue weighted by molar-refractivity contribution is 6.09. The summed E-state index contributed by atoms with van der Waals surface area (Å²) in [6, 6.07) is 64.9. The lowest BCUT2D eigenvalue weighted by Crippen LogP contribution is -2.22. The number of hydrogen-bond donors (Lipinski definition) is 0. The molecule has 8 aromatic carbocycles. The fourth-order valence-corrected chi connectivity index (χ4v) is 9.99. The Morgan fingerprint density at radius 3 is 1.25 bits per heavy atom. The van der Waals surface area contributed by atoms with Crippen LogP contribution in [0.1, 0.15) is 6.92 Å². The maximum Gasteiger partial charge on any atom is 0.338 e. The van der Waals surface area contributed by atoms with Crippen LogP contribution in [-0.4, -0.2) is 29.9 Å². The summed E-state index contributed by atoms with van der Waals surface area (Å²) in [5.74, 6) is 0. The van der Waals surface area contributed by atoms with Gasteiger partial charge in [-0.25, -0.2) is 9.59 Å². The minimum atomic E-state index is -0.191. The molecule has 0 unspecified atom stereocenters. The molecule has 0 atom stereocenters. The van der Waals surface area contributed by atoms with Gasteiger partial charge in [-0.15, -0.1) is 0 Å². The summed E-state index contributed by atoms with van der Waals surface area (Å²) in [6.07, 6.45) is 11.2. The Balaban J connectivity index is 0.931. The first-order valence-electron chi connectivity index (χ1n) is 23.8. The van der Waals surface area contributed by atoms with Gasteiger partial charge in [0, 0.05) is 40.5 Å². The van der Waals surface area contributed by atoms with Crippen molar-refractivity contribution in [2.75, 3.05) is 11.9 Å². The molecule has 0 spiro atoms. The van der Waals surface area contributed by atoms with E-state index in [4.69, 9.17) is 0 Å². The molecular weight excluding hydrogens is 885 g/mol. The van der Waals surface area contributed by atoms with Gasteiger partial charge in [0.1, 0.15) is 0 Å². The van der Waals surface area contributed by atoms with Gasteiger partial charge in [-0.1, -0.05) is 141 Å². The average Bonchev–Trinajstić information content (AvgIpc) is 4.03. The van der Waals surface area contributed by atoms with Gasteiger partial charge in [0.15, 0.2) is 0 Å². The highest BCUT2D eigenvalue weighted by Crippen LogP contribution is 2.34. The van der Waals surface area contributed by atoms with E-state index in [1.165, 1.54) is 10.8 Å². The van der Waals surface area contributed by atoms with Crippen molar-refractivity contribution in [3.8, 4) is 39.6 Å². The molecule has 348 valence electrons. The first kappa shape index (κ1) is 44.8. The molecule has 0 fully saturated rings. The lowest BCUT2D eigenvalue weighted by molar-refractivity contribution is 0.929. The molecule has 0 aliphatic heterocycles. The summed E-state index contributed by atoms with van der Waals surface area (Å²) in [5.41, 5.74) is 14.6. The van der Waals surface area contributed by atoms with Crippen LogP contribution in [0.3, 0.4) is 0 Å². The standard InChI is InChI=1S/C64H50N6O2/c1-6-8-20-44(3)54(25-9-7-2)45(4)65(5)48-34-36-50(37-35-48)67-59-30-14-16-32-61(59)69(63(67)71)52-23-18-21-46(42-52)47-22-19-24-53(43-47)70-62-33-17-15-31-60(62)68(64(70)72)51-40-38-49(39-41-51)66-57-28-12-10-26-55(57)56-27-11-13-29-58(56)66/h6-43H,1-3H2,4-5H3/b20-8-,25-9-,54-45-. The predicted molar refractivity (Wildman–Crippen MR) is 300 cm³/mol. The topological polar surface area (TPSA) is 62.0 Å². The number of para-hydroxylation sites is 6. The Bertz CT molecular complexity index is 4110. The Labute approximate surface area is 417 Å². The Kier molecular flexibility index (Phi) is 11.6. The Morgan fingerprint density at radius 2 is 0.806 bits per heavy atom.